The minimum atomic E-state index is -0.800. The van der Waals surface area contributed by atoms with Crippen LogP contribution < -0.4 is 5.32 Å². The van der Waals surface area contributed by atoms with Crippen molar-refractivity contribution in [2.45, 2.75) is 42.9 Å². The third-order valence-electron chi connectivity index (χ3n) is 6.90. The molecule has 6 heteroatoms. The molecule has 3 fully saturated rings. The van der Waals surface area contributed by atoms with Gasteiger partial charge >= 0.3 is 5.97 Å². The molecule has 0 unspecified atom stereocenters. The summed E-state index contributed by atoms with van der Waals surface area (Å²) in [5, 5.41) is 14.5. The fraction of sp³-hybridized carbons (Fsp3) is 0.579. The highest BCUT2D eigenvalue weighted by Crippen LogP contribution is 2.60. The van der Waals surface area contributed by atoms with Crippen molar-refractivity contribution in [2.24, 2.45) is 11.8 Å². The molecule has 0 bridgehead atoms. The zero-order valence-corrected chi connectivity index (χ0v) is 14.1. The van der Waals surface area contributed by atoms with E-state index < -0.39 is 23.4 Å². The van der Waals surface area contributed by atoms with Crippen LogP contribution in [0.5, 0.6) is 0 Å². The van der Waals surface area contributed by atoms with Crippen molar-refractivity contribution in [1.82, 2.24) is 4.90 Å². The van der Waals surface area contributed by atoms with Gasteiger partial charge in [0.05, 0.1) is 19.3 Å². The Morgan fingerprint density at radius 1 is 1.40 bits per heavy atom. The smallest absolute Gasteiger partial charge is 0.313 e. The van der Waals surface area contributed by atoms with E-state index in [9.17, 15) is 14.7 Å². The first-order chi connectivity index (χ1) is 12.1. The summed E-state index contributed by atoms with van der Waals surface area (Å²) in [6.45, 7) is 0.742. The minimum Gasteiger partial charge on any atom is -0.469 e. The Kier molecular flexibility index (Phi) is 3.02. The van der Waals surface area contributed by atoms with Crippen LogP contribution in [0.15, 0.2) is 24.3 Å². The van der Waals surface area contributed by atoms with E-state index in [1.54, 1.807) is 0 Å². The fourth-order valence-corrected chi connectivity index (χ4v) is 6.09. The molecule has 1 amide bonds. The van der Waals surface area contributed by atoms with E-state index in [4.69, 9.17) is 4.74 Å². The molecular formula is C19H22N2O4. The number of hydrogen-bond acceptors (Lipinski definition) is 5. The van der Waals surface area contributed by atoms with Gasteiger partial charge in [-0.05, 0) is 24.5 Å². The minimum absolute atomic E-state index is 0.0502. The second-order valence-corrected chi connectivity index (χ2v) is 7.76. The fourth-order valence-electron chi connectivity index (χ4n) is 6.09. The van der Waals surface area contributed by atoms with Crippen molar-refractivity contribution in [3.05, 3.63) is 29.8 Å². The quantitative estimate of drug-likeness (QED) is 0.741. The van der Waals surface area contributed by atoms with Gasteiger partial charge in [0.25, 0.3) is 0 Å². The van der Waals surface area contributed by atoms with E-state index in [2.05, 4.69) is 11.4 Å². The van der Waals surface area contributed by atoms with Crippen molar-refractivity contribution < 1.29 is 19.4 Å². The predicted octanol–water partition coefficient (Wildman–Crippen LogP) is 0.893. The molecule has 0 aromatic heterocycles. The van der Waals surface area contributed by atoms with Gasteiger partial charge in [-0.1, -0.05) is 18.2 Å². The van der Waals surface area contributed by atoms with E-state index in [0.717, 1.165) is 30.6 Å². The number of amides is 1. The summed E-state index contributed by atoms with van der Waals surface area (Å²) in [5.41, 5.74) is 1.61. The van der Waals surface area contributed by atoms with Gasteiger partial charge in [-0.15, -0.1) is 0 Å². The Bertz CT molecular complexity index is 766. The number of aliphatic hydroxyl groups excluding tert-OH is 1. The van der Waals surface area contributed by atoms with Gasteiger partial charge < -0.3 is 20.1 Å². The number of carbonyl (C=O) groups is 2. The summed E-state index contributed by atoms with van der Waals surface area (Å²) >= 11 is 0. The lowest BCUT2D eigenvalue weighted by atomic mass is 9.55. The Hall–Kier alpha value is -2.08. The molecule has 4 aliphatic rings. The maximum absolute atomic E-state index is 12.9. The molecule has 1 spiro atoms. The van der Waals surface area contributed by atoms with Crippen LogP contribution in [0.4, 0.5) is 5.69 Å². The van der Waals surface area contributed by atoms with Crippen LogP contribution in [0.25, 0.3) is 0 Å². The van der Waals surface area contributed by atoms with Gasteiger partial charge in [0.1, 0.15) is 5.92 Å². The maximum Gasteiger partial charge on any atom is 0.313 e. The monoisotopic (exact) mass is 342 g/mol. The molecule has 6 atom stereocenters. The number of rotatable bonds is 1. The molecule has 25 heavy (non-hydrogen) atoms. The van der Waals surface area contributed by atoms with Crippen LogP contribution >= 0.6 is 0 Å². The number of nitrogens with zero attached hydrogens (tertiary/aromatic N) is 1. The third-order valence-corrected chi connectivity index (χ3v) is 6.90. The van der Waals surface area contributed by atoms with E-state index in [0.29, 0.717) is 6.42 Å². The topological polar surface area (TPSA) is 78.9 Å². The number of carbonyl (C=O) groups excluding carboxylic acids is 2. The number of anilines is 1. The summed E-state index contributed by atoms with van der Waals surface area (Å²) in [6.07, 6.45) is 1.29. The highest BCUT2D eigenvalue weighted by Gasteiger charge is 2.70. The second kappa shape index (κ2) is 4.97. The van der Waals surface area contributed by atoms with Crippen molar-refractivity contribution in [1.29, 1.82) is 0 Å². The number of nitrogens with one attached hydrogen (secondary N) is 1. The van der Waals surface area contributed by atoms with Gasteiger partial charge in [-0.2, -0.15) is 0 Å². The second-order valence-electron chi connectivity index (χ2n) is 7.76. The first-order valence-electron chi connectivity index (χ1n) is 9.01. The largest absolute Gasteiger partial charge is 0.469 e. The van der Waals surface area contributed by atoms with Gasteiger partial charge in [-0.3, -0.25) is 9.59 Å². The van der Waals surface area contributed by atoms with Crippen LogP contribution in [-0.2, 0) is 19.7 Å². The Labute approximate surface area is 146 Å². The average Bonchev–Trinajstić information content (AvgIpc) is 3.12. The number of methoxy groups -OCH3 is 1. The summed E-state index contributed by atoms with van der Waals surface area (Å²) in [7, 11) is 1.36. The molecule has 0 radical (unpaired) electrons. The molecule has 3 aliphatic heterocycles. The van der Waals surface area contributed by atoms with Crippen LogP contribution in [0.3, 0.4) is 0 Å². The standard InChI is InChI=1S/C19H22N2O4/c1-25-18(24)14-15(23)10-5-4-8-21-13(22)9-19(17(10)21)11-6-2-3-7-12(11)20-16(14)19/h2-3,6-7,10,14-17,20,23H,4-5,8-9H2,1H3/t10-,14+,15+,16-,17-,19-/m1/s1. The number of ether oxygens (including phenoxy) is 1. The molecule has 132 valence electrons. The number of aliphatic hydroxyl groups is 1. The molecular weight excluding hydrogens is 320 g/mol. The maximum atomic E-state index is 12.9. The van der Waals surface area contributed by atoms with Crippen LogP contribution in [0.1, 0.15) is 24.8 Å². The van der Waals surface area contributed by atoms with E-state index in [1.807, 2.05) is 23.1 Å². The number of fused-ring (bicyclic) bond motifs is 1. The zero-order chi connectivity index (χ0) is 17.3. The molecule has 1 saturated carbocycles. The Morgan fingerprint density at radius 3 is 3.00 bits per heavy atom. The van der Waals surface area contributed by atoms with Crippen molar-refractivity contribution in [3.63, 3.8) is 0 Å². The lowest BCUT2D eigenvalue weighted by Crippen LogP contribution is -2.67. The summed E-state index contributed by atoms with van der Waals surface area (Å²) in [5.74, 6) is -1.01. The van der Waals surface area contributed by atoms with Gasteiger partial charge in [0.15, 0.2) is 0 Å². The van der Waals surface area contributed by atoms with Gasteiger partial charge in [-0.25, -0.2) is 0 Å². The molecule has 1 aromatic rings. The predicted molar refractivity (Wildman–Crippen MR) is 89.9 cm³/mol. The Morgan fingerprint density at radius 2 is 2.20 bits per heavy atom. The molecule has 1 aromatic carbocycles. The first-order valence-corrected chi connectivity index (χ1v) is 9.01. The van der Waals surface area contributed by atoms with Gasteiger partial charge in [0.2, 0.25) is 5.91 Å². The molecule has 2 N–H and O–H groups in total. The molecule has 2 saturated heterocycles. The van der Waals surface area contributed by atoms with Crippen LogP contribution in [0.2, 0.25) is 0 Å². The molecule has 5 rings (SSSR count). The van der Waals surface area contributed by atoms with Crippen molar-refractivity contribution >= 4 is 17.6 Å². The average molecular weight is 342 g/mol. The van der Waals surface area contributed by atoms with Crippen LogP contribution in [0, 0.1) is 11.8 Å². The van der Waals surface area contributed by atoms with E-state index in [-0.39, 0.29) is 23.9 Å². The van der Waals surface area contributed by atoms with Crippen LogP contribution in [-0.4, -0.2) is 53.7 Å². The zero-order valence-electron chi connectivity index (χ0n) is 14.1. The highest BCUT2D eigenvalue weighted by molar-refractivity contribution is 5.87. The van der Waals surface area contributed by atoms with Crippen molar-refractivity contribution in [2.75, 3.05) is 19.0 Å². The summed E-state index contributed by atoms with van der Waals surface area (Å²) < 4.78 is 5.04. The van der Waals surface area contributed by atoms with Crippen molar-refractivity contribution in [3.8, 4) is 0 Å². The summed E-state index contributed by atoms with van der Waals surface area (Å²) in [4.78, 5) is 27.4. The molecule has 6 nitrogen and oxygen atoms in total. The van der Waals surface area contributed by atoms with E-state index in [1.165, 1.54) is 7.11 Å². The number of benzene rings is 1. The highest BCUT2D eigenvalue weighted by atomic mass is 16.5. The first kappa shape index (κ1) is 15.2. The number of piperidine rings is 1. The van der Waals surface area contributed by atoms with Gasteiger partial charge in [0, 0.05) is 36.0 Å². The number of esters is 1. The summed E-state index contributed by atoms with van der Waals surface area (Å²) in [6, 6.07) is 7.63. The third kappa shape index (κ3) is 1.68. The SMILES string of the molecule is COC(=O)[C@H]1[C@@H](O)[C@H]2CCCN3C(=O)C[C@]4(c5ccccc5N[C@H]14)[C@@H]23. The Balaban J connectivity index is 1.74. The lowest BCUT2D eigenvalue weighted by molar-refractivity contribution is -0.160. The number of hydrogen-bond donors (Lipinski definition) is 2. The molecule has 1 aliphatic carbocycles. The van der Waals surface area contributed by atoms with E-state index >= 15 is 0 Å². The normalized spacial score (nSPS) is 40.8. The lowest BCUT2D eigenvalue weighted by Gasteiger charge is -2.54. The number of para-hydroxylation sites is 1. The molecule has 3 heterocycles.